The minimum Gasteiger partial charge on any atom is -0.212 e. The molecule has 0 atom stereocenters. The van der Waals surface area contributed by atoms with E-state index >= 15 is 0 Å². The van der Waals surface area contributed by atoms with Crippen LogP contribution in [0.25, 0.3) is 0 Å². The van der Waals surface area contributed by atoms with E-state index in [1.54, 1.807) is 4.31 Å². The Balaban J connectivity index is 2.01. The number of hydrogen-bond acceptors (Lipinski definition) is 2. The van der Waals surface area contributed by atoms with Gasteiger partial charge in [-0.25, -0.2) is 12.7 Å². The molecular formula is C11H14ClNO2S. The summed E-state index contributed by atoms with van der Waals surface area (Å²) in [5.41, 5.74) is 1.01. The van der Waals surface area contributed by atoms with Gasteiger partial charge in [-0.05, 0) is 24.5 Å². The van der Waals surface area contributed by atoms with Crippen LogP contribution in [0.5, 0.6) is 0 Å². The van der Waals surface area contributed by atoms with E-state index < -0.39 is 10.0 Å². The van der Waals surface area contributed by atoms with Crippen molar-refractivity contribution in [3.63, 3.8) is 0 Å². The van der Waals surface area contributed by atoms with E-state index in [2.05, 4.69) is 0 Å². The van der Waals surface area contributed by atoms with Gasteiger partial charge in [0.15, 0.2) is 0 Å². The first-order valence-electron chi connectivity index (χ1n) is 5.31. The first-order chi connectivity index (χ1) is 7.59. The topological polar surface area (TPSA) is 37.4 Å². The van der Waals surface area contributed by atoms with E-state index in [0.717, 1.165) is 12.0 Å². The van der Waals surface area contributed by atoms with Gasteiger partial charge in [0.05, 0.1) is 5.75 Å². The summed E-state index contributed by atoms with van der Waals surface area (Å²) in [6.07, 6.45) is 1.42. The molecule has 0 radical (unpaired) electrons. The monoisotopic (exact) mass is 259 g/mol. The number of benzene rings is 1. The minimum atomic E-state index is -2.98. The third kappa shape index (κ3) is 2.56. The molecule has 0 bridgehead atoms. The van der Waals surface area contributed by atoms with E-state index in [9.17, 15) is 8.42 Å². The second-order valence-corrected chi connectivity index (χ2v) is 6.41. The van der Waals surface area contributed by atoms with Gasteiger partial charge in [-0.15, -0.1) is 0 Å². The molecule has 0 N–H and O–H groups in total. The van der Waals surface area contributed by atoms with Crippen LogP contribution in [0.1, 0.15) is 12.0 Å². The molecule has 1 aliphatic rings. The highest BCUT2D eigenvalue weighted by Crippen LogP contribution is 2.18. The molecule has 2 rings (SSSR count). The molecular weight excluding hydrogens is 246 g/mol. The molecule has 1 aromatic carbocycles. The lowest BCUT2D eigenvalue weighted by molar-refractivity contribution is 0.447. The molecule has 1 heterocycles. The molecule has 0 spiro atoms. The lowest BCUT2D eigenvalue weighted by Gasteiger charge is -2.14. The molecule has 16 heavy (non-hydrogen) atoms. The van der Waals surface area contributed by atoms with Crippen LogP contribution < -0.4 is 0 Å². The van der Waals surface area contributed by atoms with Gasteiger partial charge in [-0.3, -0.25) is 0 Å². The molecule has 0 aromatic heterocycles. The predicted octanol–water partition coefficient (Wildman–Crippen LogP) is 1.92. The van der Waals surface area contributed by atoms with Crippen molar-refractivity contribution in [2.75, 3.05) is 18.8 Å². The van der Waals surface area contributed by atoms with Crippen molar-refractivity contribution in [2.24, 2.45) is 0 Å². The molecule has 88 valence electrons. The summed E-state index contributed by atoms with van der Waals surface area (Å²) in [7, 11) is -2.98. The average molecular weight is 260 g/mol. The highest BCUT2D eigenvalue weighted by Gasteiger charge is 2.27. The summed E-state index contributed by atoms with van der Waals surface area (Å²) in [5.74, 6) is 0.287. The zero-order valence-corrected chi connectivity index (χ0v) is 10.5. The Morgan fingerprint density at radius 3 is 2.69 bits per heavy atom. The van der Waals surface area contributed by atoms with Crippen molar-refractivity contribution in [3.8, 4) is 0 Å². The maximum absolute atomic E-state index is 11.6. The number of sulfonamides is 1. The summed E-state index contributed by atoms with van der Waals surface area (Å²) < 4.78 is 24.7. The highest BCUT2D eigenvalue weighted by atomic mass is 35.5. The van der Waals surface area contributed by atoms with E-state index in [1.807, 2.05) is 24.3 Å². The lowest BCUT2D eigenvalue weighted by Crippen LogP contribution is -2.27. The van der Waals surface area contributed by atoms with E-state index in [1.165, 1.54) is 0 Å². The smallest absolute Gasteiger partial charge is 0.212 e. The van der Waals surface area contributed by atoms with Crippen LogP contribution in [0, 0.1) is 0 Å². The summed E-state index contributed by atoms with van der Waals surface area (Å²) >= 11 is 6.01. The van der Waals surface area contributed by atoms with Gasteiger partial charge in [0.1, 0.15) is 0 Å². The van der Waals surface area contributed by atoms with Crippen molar-refractivity contribution >= 4 is 21.6 Å². The Kier molecular flexibility index (Phi) is 3.52. The molecule has 0 saturated carbocycles. The first kappa shape index (κ1) is 11.9. The largest absolute Gasteiger partial charge is 0.214 e. The minimum absolute atomic E-state index is 0.287. The van der Waals surface area contributed by atoms with Crippen molar-refractivity contribution < 1.29 is 8.42 Å². The molecule has 1 aromatic rings. The van der Waals surface area contributed by atoms with Crippen molar-refractivity contribution in [1.29, 1.82) is 0 Å². The van der Waals surface area contributed by atoms with Crippen LogP contribution in [0.3, 0.4) is 0 Å². The highest BCUT2D eigenvalue weighted by molar-refractivity contribution is 7.89. The molecule has 0 amide bonds. The SMILES string of the molecule is O=S1(=O)CCCN1CCc1ccccc1Cl. The van der Waals surface area contributed by atoms with Crippen LogP contribution in [-0.2, 0) is 16.4 Å². The Morgan fingerprint density at radius 2 is 2.06 bits per heavy atom. The second-order valence-electron chi connectivity index (χ2n) is 3.91. The van der Waals surface area contributed by atoms with Gasteiger partial charge >= 0.3 is 0 Å². The summed E-state index contributed by atoms with van der Waals surface area (Å²) in [4.78, 5) is 0. The van der Waals surface area contributed by atoms with E-state index in [-0.39, 0.29) is 5.75 Å². The molecule has 0 unspecified atom stereocenters. The summed E-state index contributed by atoms with van der Waals surface area (Å²) in [6, 6.07) is 7.55. The number of rotatable bonds is 3. The van der Waals surface area contributed by atoms with Gasteiger partial charge in [0, 0.05) is 18.1 Å². The van der Waals surface area contributed by atoms with Gasteiger partial charge in [-0.2, -0.15) is 0 Å². The Morgan fingerprint density at radius 1 is 1.31 bits per heavy atom. The average Bonchev–Trinajstić information content (AvgIpc) is 2.57. The number of nitrogens with zero attached hydrogens (tertiary/aromatic N) is 1. The van der Waals surface area contributed by atoms with Crippen molar-refractivity contribution in [1.82, 2.24) is 4.31 Å². The Hall–Kier alpha value is -0.580. The zero-order valence-electron chi connectivity index (χ0n) is 8.89. The van der Waals surface area contributed by atoms with Crippen LogP contribution in [0.4, 0.5) is 0 Å². The fourth-order valence-electron chi connectivity index (χ4n) is 1.89. The molecule has 3 nitrogen and oxygen atoms in total. The predicted molar refractivity (Wildman–Crippen MR) is 65.1 cm³/mol. The van der Waals surface area contributed by atoms with Crippen molar-refractivity contribution in [3.05, 3.63) is 34.9 Å². The van der Waals surface area contributed by atoms with Crippen LogP contribution in [-0.4, -0.2) is 31.6 Å². The molecule has 1 aliphatic heterocycles. The lowest BCUT2D eigenvalue weighted by atomic mass is 10.1. The molecule has 1 fully saturated rings. The maximum Gasteiger partial charge on any atom is 0.214 e. The summed E-state index contributed by atoms with van der Waals surface area (Å²) in [5, 5.41) is 0.707. The quantitative estimate of drug-likeness (QED) is 0.832. The Labute approximate surface area is 101 Å². The third-order valence-corrected chi connectivity index (χ3v) is 5.12. The summed E-state index contributed by atoms with van der Waals surface area (Å²) in [6.45, 7) is 1.18. The molecule has 1 saturated heterocycles. The van der Waals surface area contributed by atoms with Gasteiger partial charge < -0.3 is 0 Å². The first-order valence-corrected chi connectivity index (χ1v) is 7.29. The van der Waals surface area contributed by atoms with Gasteiger partial charge in [0.2, 0.25) is 10.0 Å². The Bertz CT molecular complexity index is 473. The van der Waals surface area contributed by atoms with Gasteiger partial charge in [-0.1, -0.05) is 29.8 Å². The molecule has 5 heteroatoms. The van der Waals surface area contributed by atoms with E-state index in [4.69, 9.17) is 11.6 Å². The third-order valence-electron chi connectivity index (χ3n) is 2.79. The maximum atomic E-state index is 11.6. The van der Waals surface area contributed by atoms with Crippen LogP contribution >= 0.6 is 11.6 Å². The normalized spacial score (nSPS) is 20.1. The number of hydrogen-bond donors (Lipinski definition) is 0. The van der Waals surface area contributed by atoms with E-state index in [0.29, 0.717) is 24.5 Å². The van der Waals surface area contributed by atoms with Gasteiger partial charge in [0.25, 0.3) is 0 Å². The zero-order chi connectivity index (χ0) is 11.6. The van der Waals surface area contributed by atoms with Crippen LogP contribution in [0.2, 0.25) is 5.02 Å². The second kappa shape index (κ2) is 4.73. The standard InChI is InChI=1S/C11H14ClNO2S/c12-11-5-2-1-4-10(11)6-8-13-7-3-9-16(13,14)15/h1-2,4-5H,3,6-9H2. The fraction of sp³-hybridized carbons (Fsp3) is 0.455. The fourth-order valence-corrected chi connectivity index (χ4v) is 3.65. The van der Waals surface area contributed by atoms with Crippen LogP contribution in [0.15, 0.2) is 24.3 Å². The van der Waals surface area contributed by atoms with Crippen molar-refractivity contribution in [2.45, 2.75) is 12.8 Å². The molecule has 0 aliphatic carbocycles. The number of halogens is 1.